The molecule has 0 amide bonds. The number of carbonyl (C=O) groups is 2. The van der Waals surface area contributed by atoms with Crippen molar-refractivity contribution in [3.05, 3.63) is 59.7 Å². The first kappa shape index (κ1) is 16.4. The molecular formula is C17H16O6. The van der Waals surface area contributed by atoms with Gasteiger partial charge in [0.15, 0.2) is 0 Å². The molecule has 2 aromatic carbocycles. The van der Waals surface area contributed by atoms with Gasteiger partial charge < -0.3 is 19.3 Å². The Morgan fingerprint density at radius 2 is 1.35 bits per heavy atom. The van der Waals surface area contributed by atoms with Gasteiger partial charge in [-0.2, -0.15) is 0 Å². The van der Waals surface area contributed by atoms with Crippen molar-refractivity contribution in [3.63, 3.8) is 0 Å². The summed E-state index contributed by atoms with van der Waals surface area (Å²) in [6.07, 6.45) is -1.39. The normalized spacial score (nSPS) is 11.4. The second-order valence-corrected chi connectivity index (χ2v) is 4.63. The average molecular weight is 316 g/mol. The molecule has 0 aliphatic carbocycles. The zero-order valence-corrected chi connectivity index (χ0v) is 12.7. The number of benzene rings is 2. The molecule has 0 radical (unpaired) electrons. The van der Waals surface area contributed by atoms with E-state index < -0.39 is 18.0 Å². The van der Waals surface area contributed by atoms with E-state index in [4.69, 9.17) is 14.2 Å². The number of hydrogen-bond acceptors (Lipinski definition) is 5. The Hall–Kier alpha value is -3.02. The van der Waals surface area contributed by atoms with Gasteiger partial charge in [0.05, 0.1) is 19.8 Å². The maximum Gasteiger partial charge on any atom is 0.349 e. The van der Waals surface area contributed by atoms with Crippen LogP contribution in [0.4, 0.5) is 0 Å². The Morgan fingerprint density at radius 3 is 1.78 bits per heavy atom. The quantitative estimate of drug-likeness (QED) is 0.825. The fourth-order valence-corrected chi connectivity index (χ4v) is 1.94. The highest BCUT2D eigenvalue weighted by Gasteiger charge is 2.25. The van der Waals surface area contributed by atoms with Crippen LogP contribution in [0.15, 0.2) is 48.5 Å². The number of carboxylic acids is 1. The van der Waals surface area contributed by atoms with E-state index in [0.29, 0.717) is 17.1 Å². The van der Waals surface area contributed by atoms with Gasteiger partial charge in [-0.3, -0.25) is 0 Å². The maximum atomic E-state index is 12.1. The first-order valence-electron chi connectivity index (χ1n) is 6.77. The van der Waals surface area contributed by atoms with Gasteiger partial charge in [-0.25, -0.2) is 9.59 Å². The van der Waals surface area contributed by atoms with Crippen molar-refractivity contribution < 1.29 is 28.9 Å². The van der Waals surface area contributed by atoms with Crippen LogP contribution in [0.25, 0.3) is 0 Å². The summed E-state index contributed by atoms with van der Waals surface area (Å²) in [7, 11) is 3.02. The van der Waals surface area contributed by atoms with Crippen LogP contribution in [0.3, 0.4) is 0 Å². The largest absolute Gasteiger partial charge is 0.497 e. The van der Waals surface area contributed by atoms with Crippen molar-refractivity contribution in [2.75, 3.05) is 14.2 Å². The van der Waals surface area contributed by atoms with Gasteiger partial charge >= 0.3 is 11.9 Å². The molecule has 2 rings (SSSR count). The Labute approximate surface area is 133 Å². The third-order valence-electron chi connectivity index (χ3n) is 3.19. The molecule has 0 saturated heterocycles. The number of rotatable bonds is 6. The van der Waals surface area contributed by atoms with Crippen molar-refractivity contribution in [1.82, 2.24) is 0 Å². The van der Waals surface area contributed by atoms with Crippen LogP contribution in [0.1, 0.15) is 22.0 Å². The topological polar surface area (TPSA) is 82.1 Å². The summed E-state index contributed by atoms with van der Waals surface area (Å²) < 4.78 is 15.1. The van der Waals surface area contributed by atoms with E-state index in [1.807, 2.05) is 0 Å². The van der Waals surface area contributed by atoms with E-state index >= 15 is 0 Å². The minimum absolute atomic E-state index is 0.241. The van der Waals surface area contributed by atoms with Crippen LogP contribution in [0.5, 0.6) is 11.5 Å². The lowest BCUT2D eigenvalue weighted by Crippen LogP contribution is -2.19. The van der Waals surface area contributed by atoms with Gasteiger partial charge in [0.2, 0.25) is 6.10 Å². The highest BCUT2D eigenvalue weighted by atomic mass is 16.6. The summed E-state index contributed by atoms with van der Waals surface area (Å²) in [4.78, 5) is 23.5. The molecule has 0 aliphatic rings. The molecule has 0 heterocycles. The Kier molecular flexibility index (Phi) is 5.19. The van der Waals surface area contributed by atoms with Gasteiger partial charge in [0.1, 0.15) is 11.5 Å². The van der Waals surface area contributed by atoms with Crippen molar-refractivity contribution in [1.29, 1.82) is 0 Å². The molecule has 23 heavy (non-hydrogen) atoms. The second kappa shape index (κ2) is 7.31. The number of aliphatic carboxylic acids is 1. The van der Waals surface area contributed by atoms with Crippen LogP contribution < -0.4 is 9.47 Å². The van der Waals surface area contributed by atoms with E-state index in [1.165, 1.54) is 26.4 Å². The molecule has 0 spiro atoms. The molecule has 1 atom stereocenters. The van der Waals surface area contributed by atoms with Crippen LogP contribution in [-0.4, -0.2) is 31.3 Å². The van der Waals surface area contributed by atoms with E-state index in [1.54, 1.807) is 36.4 Å². The van der Waals surface area contributed by atoms with Crippen LogP contribution in [0, 0.1) is 0 Å². The Balaban J connectivity index is 2.17. The fourth-order valence-electron chi connectivity index (χ4n) is 1.94. The third-order valence-corrected chi connectivity index (χ3v) is 3.19. The molecule has 0 fully saturated rings. The number of carbonyl (C=O) groups excluding carboxylic acids is 1. The summed E-state index contributed by atoms with van der Waals surface area (Å²) in [5, 5.41) is 9.30. The highest BCUT2D eigenvalue weighted by Crippen LogP contribution is 2.23. The number of carboxylic acid groups (broad SMARTS) is 1. The van der Waals surface area contributed by atoms with Gasteiger partial charge in [-0.05, 0) is 36.4 Å². The average Bonchev–Trinajstić information content (AvgIpc) is 2.59. The Morgan fingerprint density at radius 1 is 0.870 bits per heavy atom. The Bertz CT molecular complexity index is 675. The molecule has 0 bridgehead atoms. The van der Waals surface area contributed by atoms with Crippen molar-refractivity contribution in [2.24, 2.45) is 0 Å². The maximum absolute atomic E-state index is 12.1. The van der Waals surface area contributed by atoms with Crippen LogP contribution >= 0.6 is 0 Å². The van der Waals surface area contributed by atoms with E-state index in [9.17, 15) is 14.7 Å². The summed E-state index contributed by atoms with van der Waals surface area (Å²) >= 11 is 0. The minimum atomic E-state index is -1.39. The van der Waals surface area contributed by atoms with Gasteiger partial charge in [0, 0.05) is 5.56 Å². The summed E-state index contributed by atoms with van der Waals surface area (Å²) in [5.74, 6) is -0.807. The lowest BCUT2D eigenvalue weighted by Gasteiger charge is -2.14. The number of hydrogen-bond donors (Lipinski definition) is 1. The predicted molar refractivity (Wildman–Crippen MR) is 81.8 cm³/mol. The van der Waals surface area contributed by atoms with Gasteiger partial charge in [-0.1, -0.05) is 12.1 Å². The van der Waals surface area contributed by atoms with Crippen molar-refractivity contribution in [2.45, 2.75) is 6.10 Å². The highest BCUT2D eigenvalue weighted by molar-refractivity contribution is 5.91. The van der Waals surface area contributed by atoms with Crippen LogP contribution in [0.2, 0.25) is 0 Å². The minimum Gasteiger partial charge on any atom is -0.497 e. The molecule has 1 N–H and O–H groups in total. The molecule has 0 aromatic heterocycles. The molecule has 0 aliphatic heterocycles. The zero-order chi connectivity index (χ0) is 16.8. The number of ether oxygens (including phenoxy) is 3. The second-order valence-electron chi connectivity index (χ2n) is 4.63. The lowest BCUT2D eigenvalue weighted by molar-refractivity contribution is -0.147. The monoisotopic (exact) mass is 316 g/mol. The van der Waals surface area contributed by atoms with Crippen molar-refractivity contribution in [3.8, 4) is 11.5 Å². The summed E-state index contributed by atoms with van der Waals surface area (Å²) in [6, 6.07) is 12.5. The SMILES string of the molecule is COc1ccc(C(=O)OC(C(=O)O)c2ccc(OC)cc2)cc1. The lowest BCUT2D eigenvalue weighted by atomic mass is 10.1. The first-order chi connectivity index (χ1) is 11.0. The number of methoxy groups -OCH3 is 2. The first-order valence-corrected chi connectivity index (χ1v) is 6.77. The van der Waals surface area contributed by atoms with Crippen LogP contribution in [-0.2, 0) is 9.53 Å². The molecule has 6 heteroatoms. The van der Waals surface area contributed by atoms with Crippen molar-refractivity contribution >= 4 is 11.9 Å². The molecule has 2 aromatic rings. The zero-order valence-electron chi connectivity index (χ0n) is 12.7. The summed E-state index contributed by atoms with van der Waals surface area (Å²) in [6.45, 7) is 0. The summed E-state index contributed by atoms with van der Waals surface area (Å²) in [5.41, 5.74) is 0.589. The van der Waals surface area contributed by atoms with E-state index in [-0.39, 0.29) is 5.56 Å². The molecule has 120 valence electrons. The predicted octanol–water partition coefficient (Wildman–Crippen LogP) is 2.69. The standard InChI is InChI=1S/C17H16O6/c1-21-13-7-3-11(4-8-13)15(16(18)19)23-17(20)12-5-9-14(22-2)10-6-12/h3-10,15H,1-2H3,(H,18,19). The molecule has 1 unspecified atom stereocenters. The van der Waals surface area contributed by atoms with E-state index in [0.717, 1.165) is 0 Å². The van der Waals surface area contributed by atoms with Gasteiger partial charge in [0.25, 0.3) is 0 Å². The van der Waals surface area contributed by atoms with Gasteiger partial charge in [-0.15, -0.1) is 0 Å². The molecule has 0 saturated carbocycles. The molecule has 6 nitrogen and oxygen atoms in total. The van der Waals surface area contributed by atoms with E-state index in [2.05, 4.69) is 0 Å². The molecular weight excluding hydrogens is 300 g/mol. The smallest absolute Gasteiger partial charge is 0.349 e. The fraction of sp³-hybridized carbons (Fsp3) is 0.176. The third kappa shape index (κ3) is 4.00. The number of esters is 1.